The molecular formula is C19H21ClN4O2. The third-order valence-corrected chi connectivity index (χ3v) is 4.70. The molecule has 0 aliphatic carbocycles. The number of benzene rings is 2. The molecule has 0 saturated carbocycles. The second-order valence-corrected chi connectivity index (χ2v) is 6.76. The standard InChI is InChI=1S/C19H21ClN4O2/c20-15-4-1-5-16(11-15)22-23-19(26)13-6-8-17(9-7-13)24-10-2-3-14(12-24)18(21)25/h1,4-9,11,14,22H,2-3,10,12H2,(H2,21,25)(H,23,26)/t14-/m1/s1. The minimum atomic E-state index is -0.252. The van der Waals surface area contributed by atoms with Gasteiger partial charge in [-0.15, -0.1) is 0 Å². The van der Waals surface area contributed by atoms with Gasteiger partial charge >= 0.3 is 0 Å². The van der Waals surface area contributed by atoms with Crippen LogP contribution in [0.2, 0.25) is 5.02 Å². The third-order valence-electron chi connectivity index (χ3n) is 4.46. The normalized spacial score (nSPS) is 16.8. The molecule has 1 heterocycles. The number of hydrogen-bond donors (Lipinski definition) is 3. The van der Waals surface area contributed by atoms with E-state index < -0.39 is 0 Å². The molecule has 4 N–H and O–H groups in total. The molecule has 1 atom stereocenters. The number of hydrogen-bond acceptors (Lipinski definition) is 4. The molecule has 26 heavy (non-hydrogen) atoms. The van der Waals surface area contributed by atoms with Crippen LogP contribution >= 0.6 is 11.6 Å². The van der Waals surface area contributed by atoms with Crippen LogP contribution in [-0.2, 0) is 4.79 Å². The van der Waals surface area contributed by atoms with Crippen molar-refractivity contribution in [3.8, 4) is 0 Å². The Hall–Kier alpha value is -2.73. The highest BCUT2D eigenvalue weighted by Gasteiger charge is 2.24. The van der Waals surface area contributed by atoms with Crippen LogP contribution < -0.4 is 21.5 Å². The molecule has 2 aromatic rings. The summed E-state index contributed by atoms with van der Waals surface area (Å²) < 4.78 is 0. The van der Waals surface area contributed by atoms with Crippen molar-refractivity contribution >= 4 is 34.8 Å². The van der Waals surface area contributed by atoms with E-state index in [1.54, 1.807) is 36.4 Å². The van der Waals surface area contributed by atoms with E-state index in [9.17, 15) is 9.59 Å². The Morgan fingerprint density at radius 1 is 1.15 bits per heavy atom. The van der Waals surface area contributed by atoms with Gasteiger partial charge in [0, 0.05) is 29.4 Å². The summed E-state index contributed by atoms with van der Waals surface area (Å²) in [7, 11) is 0. The maximum Gasteiger partial charge on any atom is 0.269 e. The fourth-order valence-electron chi connectivity index (χ4n) is 3.03. The summed E-state index contributed by atoms with van der Waals surface area (Å²) in [4.78, 5) is 25.8. The number of primary amides is 1. The van der Waals surface area contributed by atoms with Gasteiger partial charge in [0.2, 0.25) is 5.91 Å². The van der Waals surface area contributed by atoms with Gasteiger partial charge in [-0.3, -0.25) is 20.4 Å². The molecule has 2 aromatic carbocycles. The predicted molar refractivity (Wildman–Crippen MR) is 103 cm³/mol. The smallest absolute Gasteiger partial charge is 0.269 e. The number of piperidine rings is 1. The van der Waals surface area contributed by atoms with Crippen molar-refractivity contribution in [2.75, 3.05) is 23.4 Å². The number of rotatable bonds is 5. The first-order chi connectivity index (χ1) is 12.5. The molecule has 1 saturated heterocycles. The molecule has 7 heteroatoms. The van der Waals surface area contributed by atoms with Crippen LogP contribution in [0.15, 0.2) is 48.5 Å². The van der Waals surface area contributed by atoms with Gasteiger partial charge in [-0.25, -0.2) is 0 Å². The van der Waals surface area contributed by atoms with Crippen LogP contribution in [0.3, 0.4) is 0 Å². The van der Waals surface area contributed by atoms with Gasteiger partial charge in [0.05, 0.1) is 11.6 Å². The molecular weight excluding hydrogens is 352 g/mol. The summed E-state index contributed by atoms with van der Waals surface area (Å²) in [5.74, 6) is -0.614. The maximum atomic E-state index is 12.3. The van der Waals surface area contributed by atoms with Crippen molar-refractivity contribution in [1.82, 2.24) is 5.43 Å². The van der Waals surface area contributed by atoms with E-state index in [2.05, 4.69) is 15.8 Å². The van der Waals surface area contributed by atoms with Gasteiger partial charge in [-0.2, -0.15) is 0 Å². The van der Waals surface area contributed by atoms with Crippen LogP contribution in [0.4, 0.5) is 11.4 Å². The molecule has 136 valence electrons. The number of carbonyl (C=O) groups excluding carboxylic acids is 2. The van der Waals surface area contributed by atoms with Gasteiger partial charge in [0.25, 0.3) is 5.91 Å². The molecule has 1 fully saturated rings. The van der Waals surface area contributed by atoms with E-state index in [1.807, 2.05) is 12.1 Å². The first-order valence-corrected chi connectivity index (χ1v) is 8.87. The Balaban J connectivity index is 1.60. The highest BCUT2D eigenvalue weighted by Crippen LogP contribution is 2.23. The van der Waals surface area contributed by atoms with Crippen molar-refractivity contribution in [1.29, 1.82) is 0 Å². The summed E-state index contributed by atoms with van der Waals surface area (Å²) in [6, 6.07) is 14.4. The SMILES string of the molecule is NC(=O)[C@@H]1CCCN(c2ccc(C(=O)NNc3cccc(Cl)c3)cc2)C1. The summed E-state index contributed by atoms with van der Waals surface area (Å²) in [5, 5.41) is 0.587. The zero-order valence-corrected chi connectivity index (χ0v) is 15.0. The molecule has 0 radical (unpaired) electrons. The lowest BCUT2D eigenvalue weighted by Crippen LogP contribution is -2.41. The van der Waals surface area contributed by atoms with Gasteiger partial charge in [-0.05, 0) is 55.3 Å². The molecule has 2 amide bonds. The van der Waals surface area contributed by atoms with Gasteiger partial charge in [-0.1, -0.05) is 17.7 Å². The van der Waals surface area contributed by atoms with E-state index in [4.69, 9.17) is 17.3 Å². The monoisotopic (exact) mass is 372 g/mol. The zero-order valence-electron chi connectivity index (χ0n) is 14.2. The average molecular weight is 373 g/mol. The fourth-order valence-corrected chi connectivity index (χ4v) is 3.23. The molecule has 3 rings (SSSR count). The quantitative estimate of drug-likeness (QED) is 0.704. The Morgan fingerprint density at radius 2 is 1.92 bits per heavy atom. The lowest BCUT2D eigenvalue weighted by molar-refractivity contribution is -0.122. The molecule has 0 unspecified atom stereocenters. The Bertz CT molecular complexity index is 794. The van der Waals surface area contributed by atoms with Gasteiger partial charge < -0.3 is 10.6 Å². The third kappa shape index (κ3) is 4.46. The molecule has 0 bridgehead atoms. The summed E-state index contributed by atoms with van der Waals surface area (Å²) in [6.45, 7) is 1.50. The Kier molecular flexibility index (Phi) is 5.63. The van der Waals surface area contributed by atoms with Gasteiger partial charge in [0.1, 0.15) is 0 Å². The Morgan fingerprint density at radius 3 is 2.62 bits per heavy atom. The lowest BCUT2D eigenvalue weighted by atomic mass is 9.97. The van der Waals surface area contributed by atoms with Crippen LogP contribution in [0.1, 0.15) is 23.2 Å². The first kappa shape index (κ1) is 18.1. The summed E-state index contributed by atoms with van der Waals surface area (Å²) in [6.07, 6.45) is 1.76. The van der Waals surface area contributed by atoms with E-state index in [1.165, 1.54) is 0 Å². The minimum Gasteiger partial charge on any atom is -0.371 e. The second-order valence-electron chi connectivity index (χ2n) is 6.32. The predicted octanol–water partition coefficient (Wildman–Crippen LogP) is 2.80. The number of amides is 2. The van der Waals surface area contributed by atoms with E-state index in [0.717, 1.165) is 25.1 Å². The van der Waals surface area contributed by atoms with Crippen molar-refractivity contribution in [2.24, 2.45) is 11.7 Å². The number of halogens is 1. The van der Waals surface area contributed by atoms with E-state index in [0.29, 0.717) is 22.8 Å². The molecule has 1 aliphatic heterocycles. The number of hydrazine groups is 1. The summed E-state index contributed by atoms with van der Waals surface area (Å²) >= 11 is 5.91. The van der Waals surface area contributed by atoms with Crippen molar-refractivity contribution in [2.45, 2.75) is 12.8 Å². The number of nitrogens with zero attached hydrogens (tertiary/aromatic N) is 1. The van der Waals surface area contributed by atoms with Crippen molar-refractivity contribution < 1.29 is 9.59 Å². The van der Waals surface area contributed by atoms with E-state index in [-0.39, 0.29) is 17.7 Å². The summed E-state index contributed by atoms with van der Waals surface area (Å²) in [5.41, 5.74) is 13.1. The van der Waals surface area contributed by atoms with Crippen molar-refractivity contribution in [3.05, 3.63) is 59.1 Å². The molecule has 0 spiro atoms. The molecule has 0 aromatic heterocycles. The second kappa shape index (κ2) is 8.10. The van der Waals surface area contributed by atoms with Crippen LogP contribution in [0.25, 0.3) is 0 Å². The Labute approximate surface area is 157 Å². The molecule has 6 nitrogen and oxygen atoms in total. The minimum absolute atomic E-state index is 0.117. The lowest BCUT2D eigenvalue weighted by Gasteiger charge is -2.33. The van der Waals surface area contributed by atoms with Crippen LogP contribution in [0.5, 0.6) is 0 Å². The fraction of sp³-hybridized carbons (Fsp3) is 0.263. The molecule has 1 aliphatic rings. The highest BCUT2D eigenvalue weighted by atomic mass is 35.5. The average Bonchev–Trinajstić information content (AvgIpc) is 2.66. The largest absolute Gasteiger partial charge is 0.371 e. The first-order valence-electron chi connectivity index (χ1n) is 8.49. The number of anilines is 2. The van der Waals surface area contributed by atoms with Crippen LogP contribution in [0, 0.1) is 5.92 Å². The number of nitrogens with one attached hydrogen (secondary N) is 2. The van der Waals surface area contributed by atoms with E-state index >= 15 is 0 Å². The van der Waals surface area contributed by atoms with Crippen LogP contribution in [-0.4, -0.2) is 24.9 Å². The maximum absolute atomic E-state index is 12.3. The highest BCUT2D eigenvalue weighted by molar-refractivity contribution is 6.30. The topological polar surface area (TPSA) is 87.5 Å². The number of carbonyl (C=O) groups is 2. The van der Waals surface area contributed by atoms with Crippen molar-refractivity contribution in [3.63, 3.8) is 0 Å². The zero-order chi connectivity index (χ0) is 18.5. The number of nitrogens with two attached hydrogens (primary N) is 1. The van der Waals surface area contributed by atoms with Gasteiger partial charge in [0.15, 0.2) is 0 Å².